The van der Waals surface area contributed by atoms with Gasteiger partial charge in [-0.15, -0.1) is 0 Å². The summed E-state index contributed by atoms with van der Waals surface area (Å²) < 4.78 is 2.12. The Labute approximate surface area is 75.5 Å². The van der Waals surface area contributed by atoms with Crippen LogP contribution in [0.2, 0.25) is 0 Å². The molecule has 2 rings (SSSR count). The Morgan fingerprint density at radius 2 is 2.50 bits per heavy atom. The third-order valence-electron chi connectivity index (χ3n) is 1.77. The normalized spacial score (nSPS) is 14.3. The Kier molecular flexibility index (Phi) is 1.80. The molecule has 1 N–H and O–H groups in total. The molecule has 1 aliphatic heterocycles. The molecule has 0 aliphatic carbocycles. The molecule has 0 saturated heterocycles. The maximum atomic E-state index is 4.27. The van der Waals surface area contributed by atoms with E-state index < -0.39 is 0 Å². The van der Waals surface area contributed by atoms with Gasteiger partial charge in [0, 0.05) is 6.26 Å². The molecule has 1 aromatic rings. The molecular formula is C7H10N4S. The predicted octanol–water partition coefficient (Wildman–Crippen LogP) is 1.25. The highest BCUT2D eigenvalue weighted by molar-refractivity contribution is 8.00. The van der Waals surface area contributed by atoms with Gasteiger partial charge in [-0.3, -0.25) is 4.31 Å². The Hall–Kier alpha value is -0.970. The number of hydrogen-bond acceptors (Lipinski definition) is 5. The quantitative estimate of drug-likeness (QED) is 0.662. The fourth-order valence-corrected chi connectivity index (χ4v) is 1.69. The first kappa shape index (κ1) is 7.67. The van der Waals surface area contributed by atoms with Crippen LogP contribution < -0.4 is 9.62 Å². The number of anilines is 2. The van der Waals surface area contributed by atoms with Crippen LogP contribution in [-0.4, -0.2) is 22.9 Å². The van der Waals surface area contributed by atoms with Crippen molar-refractivity contribution >= 4 is 23.5 Å². The van der Waals surface area contributed by atoms with E-state index in [4.69, 9.17) is 0 Å². The third-order valence-corrected chi connectivity index (χ3v) is 2.54. The van der Waals surface area contributed by atoms with Crippen LogP contribution in [0.1, 0.15) is 5.82 Å². The molecule has 64 valence electrons. The number of rotatable bonds is 1. The number of hydrogen-bond donors (Lipinski definition) is 1. The smallest absolute Gasteiger partial charge is 0.155 e. The lowest BCUT2D eigenvalue weighted by Gasteiger charge is -2.11. The van der Waals surface area contributed by atoms with Crippen LogP contribution in [0.5, 0.6) is 0 Å². The van der Waals surface area contributed by atoms with Gasteiger partial charge in [-0.1, -0.05) is 11.9 Å². The average molecular weight is 182 g/mol. The zero-order valence-corrected chi connectivity index (χ0v) is 7.85. The summed E-state index contributed by atoms with van der Waals surface area (Å²) in [6.07, 6.45) is 3.89. The van der Waals surface area contributed by atoms with Crippen molar-refractivity contribution in [3.05, 3.63) is 12.0 Å². The Balaban J connectivity index is 2.40. The molecule has 1 aliphatic rings. The first-order valence-electron chi connectivity index (χ1n) is 3.70. The summed E-state index contributed by atoms with van der Waals surface area (Å²) in [5.74, 6) is 1.75. The first-order valence-corrected chi connectivity index (χ1v) is 4.88. The molecule has 0 saturated carbocycles. The minimum absolute atomic E-state index is 0.809. The Morgan fingerprint density at radius 3 is 3.25 bits per heavy atom. The van der Waals surface area contributed by atoms with E-state index in [-0.39, 0.29) is 0 Å². The van der Waals surface area contributed by atoms with Crippen molar-refractivity contribution in [2.45, 2.75) is 6.92 Å². The van der Waals surface area contributed by atoms with Crippen molar-refractivity contribution in [3.63, 3.8) is 0 Å². The van der Waals surface area contributed by atoms with Crippen LogP contribution in [0.25, 0.3) is 0 Å². The minimum Gasteiger partial charge on any atom is -0.350 e. The molecule has 0 amide bonds. The molecular weight excluding hydrogens is 172 g/mol. The number of nitrogens with zero attached hydrogens (tertiary/aromatic N) is 3. The summed E-state index contributed by atoms with van der Waals surface area (Å²) >= 11 is 1.67. The zero-order valence-electron chi connectivity index (χ0n) is 7.03. The van der Waals surface area contributed by atoms with Gasteiger partial charge >= 0.3 is 0 Å². The molecule has 0 unspecified atom stereocenters. The number of nitrogens with one attached hydrogen (secondary N) is 1. The molecule has 1 aromatic heterocycles. The summed E-state index contributed by atoms with van der Waals surface area (Å²) in [5.41, 5.74) is 1.08. The molecule has 12 heavy (non-hydrogen) atoms. The Bertz CT molecular complexity index is 301. The van der Waals surface area contributed by atoms with E-state index in [9.17, 15) is 0 Å². The second kappa shape index (κ2) is 2.82. The van der Waals surface area contributed by atoms with Gasteiger partial charge in [0.1, 0.15) is 11.5 Å². The van der Waals surface area contributed by atoms with Crippen LogP contribution in [0, 0.1) is 6.92 Å². The van der Waals surface area contributed by atoms with Gasteiger partial charge in [-0.2, -0.15) is 0 Å². The summed E-state index contributed by atoms with van der Waals surface area (Å²) in [5, 5.41) is 3.20. The van der Waals surface area contributed by atoms with E-state index in [1.54, 1.807) is 11.9 Å². The van der Waals surface area contributed by atoms with Gasteiger partial charge in [0.05, 0.1) is 12.9 Å². The van der Waals surface area contributed by atoms with E-state index in [2.05, 4.69) is 19.6 Å². The van der Waals surface area contributed by atoms with Gasteiger partial charge in [-0.05, 0) is 6.92 Å². The summed E-state index contributed by atoms with van der Waals surface area (Å²) in [4.78, 5) is 8.42. The second-order valence-corrected chi connectivity index (χ2v) is 3.35. The highest BCUT2D eigenvalue weighted by Crippen LogP contribution is 2.31. The summed E-state index contributed by atoms with van der Waals surface area (Å²) in [7, 11) is 0. The maximum absolute atomic E-state index is 4.27. The maximum Gasteiger partial charge on any atom is 0.155 e. The second-order valence-electron chi connectivity index (χ2n) is 2.55. The van der Waals surface area contributed by atoms with Crippen molar-refractivity contribution in [1.29, 1.82) is 0 Å². The van der Waals surface area contributed by atoms with Gasteiger partial charge < -0.3 is 5.32 Å². The minimum atomic E-state index is 0.809. The van der Waals surface area contributed by atoms with Gasteiger partial charge in [0.15, 0.2) is 5.82 Å². The molecule has 0 aromatic carbocycles. The molecule has 0 spiro atoms. The molecule has 0 atom stereocenters. The van der Waals surface area contributed by atoms with E-state index >= 15 is 0 Å². The molecule has 0 bridgehead atoms. The number of aryl methyl sites for hydroxylation is 1. The molecule has 4 nitrogen and oxygen atoms in total. The third kappa shape index (κ3) is 1.10. The topological polar surface area (TPSA) is 41.0 Å². The lowest BCUT2D eigenvalue weighted by atomic mass is 10.5. The molecule has 0 radical (unpaired) electrons. The van der Waals surface area contributed by atoms with Gasteiger partial charge in [0.25, 0.3) is 0 Å². The van der Waals surface area contributed by atoms with Crippen molar-refractivity contribution in [2.75, 3.05) is 22.5 Å². The number of aromatic nitrogens is 2. The average Bonchev–Trinajstić information content (AvgIpc) is 2.46. The highest BCUT2D eigenvalue weighted by atomic mass is 32.2. The van der Waals surface area contributed by atoms with Crippen molar-refractivity contribution in [1.82, 2.24) is 9.97 Å². The SMILES string of the molecule is CSN1CNc2nc(C)ncc21. The first-order chi connectivity index (χ1) is 5.81. The zero-order chi connectivity index (χ0) is 8.55. The van der Waals surface area contributed by atoms with Gasteiger partial charge in [-0.25, -0.2) is 9.97 Å². The van der Waals surface area contributed by atoms with Crippen LogP contribution >= 0.6 is 11.9 Å². The van der Waals surface area contributed by atoms with E-state index in [1.807, 2.05) is 19.4 Å². The van der Waals surface area contributed by atoms with Crippen molar-refractivity contribution in [2.24, 2.45) is 0 Å². The van der Waals surface area contributed by atoms with Crippen LogP contribution in [0.15, 0.2) is 6.20 Å². The number of fused-ring (bicyclic) bond motifs is 1. The lowest BCUT2D eigenvalue weighted by Crippen LogP contribution is -2.12. The van der Waals surface area contributed by atoms with E-state index in [1.165, 1.54) is 0 Å². The molecule has 2 heterocycles. The highest BCUT2D eigenvalue weighted by Gasteiger charge is 2.19. The van der Waals surface area contributed by atoms with E-state index in [0.29, 0.717) is 0 Å². The Morgan fingerprint density at radius 1 is 1.67 bits per heavy atom. The van der Waals surface area contributed by atoms with Crippen LogP contribution in [0.3, 0.4) is 0 Å². The predicted molar refractivity (Wildman–Crippen MR) is 51.3 cm³/mol. The fourth-order valence-electron chi connectivity index (χ4n) is 1.17. The summed E-state index contributed by atoms with van der Waals surface area (Å²) in [6.45, 7) is 2.71. The van der Waals surface area contributed by atoms with Crippen LogP contribution in [-0.2, 0) is 0 Å². The fraction of sp³-hybridized carbons (Fsp3) is 0.429. The molecule has 5 heteroatoms. The van der Waals surface area contributed by atoms with E-state index in [0.717, 1.165) is 24.0 Å². The summed E-state index contributed by atoms with van der Waals surface area (Å²) in [6, 6.07) is 0. The standard InChI is InChI=1S/C7H10N4S/c1-5-8-3-6-7(10-5)9-4-11(6)12-2/h3H,4H2,1-2H3,(H,8,9,10). The van der Waals surface area contributed by atoms with Crippen LogP contribution in [0.4, 0.5) is 11.5 Å². The monoisotopic (exact) mass is 182 g/mol. The lowest BCUT2D eigenvalue weighted by molar-refractivity contribution is 1.07. The van der Waals surface area contributed by atoms with Crippen molar-refractivity contribution < 1.29 is 0 Å². The molecule has 0 fully saturated rings. The van der Waals surface area contributed by atoms with Crippen molar-refractivity contribution in [3.8, 4) is 0 Å². The largest absolute Gasteiger partial charge is 0.350 e. The van der Waals surface area contributed by atoms with Gasteiger partial charge in [0.2, 0.25) is 0 Å².